The maximum atomic E-state index is 11.7. The second-order valence-corrected chi connectivity index (χ2v) is 5.71. The van der Waals surface area contributed by atoms with Crippen molar-refractivity contribution in [2.75, 3.05) is 46.4 Å². The number of ether oxygens (including phenoxy) is 1. The third-order valence-electron chi connectivity index (χ3n) is 4.21. The highest BCUT2D eigenvalue weighted by Crippen LogP contribution is 2.13. The van der Waals surface area contributed by atoms with Gasteiger partial charge in [-0.3, -0.25) is 4.79 Å². The van der Waals surface area contributed by atoms with Gasteiger partial charge in [0.1, 0.15) is 6.61 Å². The normalized spacial score (nSPS) is 25.5. The summed E-state index contributed by atoms with van der Waals surface area (Å²) in [6.07, 6.45) is 4.77. The number of carbonyl (C=O) groups excluding carboxylic acids is 1. The molecule has 0 bridgehead atoms. The van der Waals surface area contributed by atoms with Gasteiger partial charge in [-0.2, -0.15) is 0 Å². The number of nitrogens with one attached hydrogen (secondary N) is 2. The van der Waals surface area contributed by atoms with Gasteiger partial charge in [0.15, 0.2) is 0 Å². The lowest BCUT2D eigenvalue weighted by Crippen LogP contribution is -2.47. The Morgan fingerprint density at radius 3 is 2.79 bits per heavy atom. The predicted molar refractivity (Wildman–Crippen MR) is 75.1 cm³/mol. The fourth-order valence-electron chi connectivity index (χ4n) is 2.98. The molecule has 2 aliphatic heterocycles. The summed E-state index contributed by atoms with van der Waals surface area (Å²) < 4.78 is 4.90. The summed E-state index contributed by atoms with van der Waals surface area (Å²) in [5.74, 6) is 0.902. The van der Waals surface area contributed by atoms with Gasteiger partial charge in [0, 0.05) is 26.2 Å². The van der Waals surface area contributed by atoms with E-state index in [1.165, 1.54) is 19.4 Å². The van der Waals surface area contributed by atoms with Crippen LogP contribution in [0.5, 0.6) is 0 Å². The molecule has 0 aliphatic carbocycles. The van der Waals surface area contributed by atoms with Crippen LogP contribution in [-0.2, 0) is 9.53 Å². The maximum absolute atomic E-state index is 11.7. The van der Waals surface area contributed by atoms with Crippen LogP contribution in [-0.4, -0.2) is 63.3 Å². The van der Waals surface area contributed by atoms with E-state index in [4.69, 9.17) is 4.74 Å². The zero-order chi connectivity index (χ0) is 13.5. The van der Waals surface area contributed by atoms with Crippen LogP contribution in [0.4, 0.5) is 0 Å². The largest absolute Gasteiger partial charge is 0.375 e. The summed E-state index contributed by atoms with van der Waals surface area (Å²) in [5, 5.41) is 7.13. The summed E-state index contributed by atoms with van der Waals surface area (Å²) in [6.45, 7) is 5.38. The van der Waals surface area contributed by atoms with Gasteiger partial charge in [0.25, 0.3) is 0 Å². The van der Waals surface area contributed by atoms with E-state index >= 15 is 0 Å². The third kappa shape index (κ3) is 4.75. The van der Waals surface area contributed by atoms with Crippen LogP contribution in [0.3, 0.4) is 0 Å². The number of methoxy groups -OCH3 is 1. The number of piperidine rings is 2. The van der Waals surface area contributed by atoms with E-state index in [0.29, 0.717) is 6.04 Å². The van der Waals surface area contributed by atoms with Gasteiger partial charge in [0.05, 0.1) is 0 Å². The van der Waals surface area contributed by atoms with Crippen LogP contribution < -0.4 is 10.6 Å². The van der Waals surface area contributed by atoms with Gasteiger partial charge in [-0.25, -0.2) is 0 Å². The topological polar surface area (TPSA) is 53.6 Å². The average Bonchev–Trinajstić information content (AvgIpc) is 2.47. The van der Waals surface area contributed by atoms with Crippen LogP contribution in [0.2, 0.25) is 0 Å². The molecule has 2 fully saturated rings. The summed E-state index contributed by atoms with van der Waals surface area (Å²) >= 11 is 0. The highest BCUT2D eigenvalue weighted by Gasteiger charge is 2.23. The summed E-state index contributed by atoms with van der Waals surface area (Å²) in [4.78, 5) is 13.6. The zero-order valence-corrected chi connectivity index (χ0v) is 12.0. The van der Waals surface area contributed by atoms with E-state index in [9.17, 15) is 4.79 Å². The molecule has 2 N–H and O–H groups in total. The van der Waals surface area contributed by atoms with E-state index in [2.05, 4.69) is 10.6 Å². The molecule has 0 aromatic carbocycles. The first-order chi connectivity index (χ1) is 9.29. The molecule has 5 heteroatoms. The molecule has 1 unspecified atom stereocenters. The monoisotopic (exact) mass is 269 g/mol. The molecule has 19 heavy (non-hydrogen) atoms. The van der Waals surface area contributed by atoms with E-state index in [1.807, 2.05) is 4.90 Å². The Balaban J connectivity index is 1.61. The van der Waals surface area contributed by atoms with Gasteiger partial charge in [-0.1, -0.05) is 0 Å². The van der Waals surface area contributed by atoms with Crippen LogP contribution in [0.25, 0.3) is 0 Å². The minimum Gasteiger partial charge on any atom is -0.375 e. The lowest BCUT2D eigenvalue weighted by molar-refractivity contribution is -0.136. The molecule has 2 aliphatic rings. The van der Waals surface area contributed by atoms with Gasteiger partial charge in [0.2, 0.25) is 5.91 Å². The van der Waals surface area contributed by atoms with Crippen LogP contribution in [0.1, 0.15) is 25.7 Å². The first-order valence-electron chi connectivity index (χ1n) is 7.50. The molecule has 2 saturated heterocycles. The fraction of sp³-hybridized carbons (Fsp3) is 0.929. The van der Waals surface area contributed by atoms with Gasteiger partial charge in [-0.15, -0.1) is 0 Å². The molecule has 1 atom stereocenters. The number of likely N-dealkylation sites (tertiary alicyclic amines) is 1. The molecule has 0 radical (unpaired) electrons. The second kappa shape index (κ2) is 7.82. The number of nitrogens with zero attached hydrogens (tertiary/aromatic N) is 1. The Hall–Kier alpha value is -0.650. The lowest BCUT2D eigenvalue weighted by Gasteiger charge is -2.33. The highest BCUT2D eigenvalue weighted by atomic mass is 16.5. The molecule has 2 rings (SSSR count). The van der Waals surface area contributed by atoms with Crippen molar-refractivity contribution in [1.82, 2.24) is 15.5 Å². The summed E-state index contributed by atoms with van der Waals surface area (Å²) in [6, 6.07) is 0.577. The van der Waals surface area contributed by atoms with Crippen molar-refractivity contribution >= 4 is 5.91 Å². The smallest absolute Gasteiger partial charge is 0.248 e. The molecule has 110 valence electrons. The minimum atomic E-state index is 0.123. The molecule has 0 aromatic heterocycles. The number of amides is 1. The lowest BCUT2D eigenvalue weighted by atomic mass is 9.98. The van der Waals surface area contributed by atoms with E-state index in [0.717, 1.165) is 44.9 Å². The summed E-state index contributed by atoms with van der Waals surface area (Å²) in [5.41, 5.74) is 0. The molecule has 5 nitrogen and oxygen atoms in total. The molecule has 0 aromatic rings. The average molecular weight is 269 g/mol. The van der Waals surface area contributed by atoms with Crippen molar-refractivity contribution in [3.05, 3.63) is 0 Å². The molecular formula is C14H27N3O2. The number of hydrogen-bond donors (Lipinski definition) is 2. The van der Waals surface area contributed by atoms with Crippen molar-refractivity contribution in [3.8, 4) is 0 Å². The molecule has 1 amide bonds. The van der Waals surface area contributed by atoms with Crippen LogP contribution >= 0.6 is 0 Å². The SMILES string of the molecule is COCC(=O)N1CCC(NCC2CCCNC2)CC1. The van der Waals surface area contributed by atoms with Crippen LogP contribution in [0.15, 0.2) is 0 Å². The van der Waals surface area contributed by atoms with E-state index < -0.39 is 0 Å². The second-order valence-electron chi connectivity index (χ2n) is 5.71. The maximum Gasteiger partial charge on any atom is 0.248 e. The van der Waals surface area contributed by atoms with Gasteiger partial charge in [-0.05, 0) is 51.2 Å². The highest BCUT2D eigenvalue weighted by molar-refractivity contribution is 5.77. The van der Waals surface area contributed by atoms with Crippen molar-refractivity contribution in [2.45, 2.75) is 31.7 Å². The third-order valence-corrected chi connectivity index (χ3v) is 4.21. The van der Waals surface area contributed by atoms with E-state index in [1.54, 1.807) is 7.11 Å². The van der Waals surface area contributed by atoms with Crippen LogP contribution in [0, 0.1) is 5.92 Å². The minimum absolute atomic E-state index is 0.123. The zero-order valence-electron chi connectivity index (χ0n) is 12.0. The molecule has 2 heterocycles. The van der Waals surface area contributed by atoms with Gasteiger partial charge >= 0.3 is 0 Å². The fourth-order valence-corrected chi connectivity index (χ4v) is 2.98. The molecule has 0 saturated carbocycles. The quantitative estimate of drug-likeness (QED) is 0.749. The molecular weight excluding hydrogens is 242 g/mol. The predicted octanol–water partition coefficient (Wildman–Crippen LogP) is 0.213. The Morgan fingerprint density at radius 1 is 1.37 bits per heavy atom. The Bertz CT molecular complexity index is 272. The standard InChI is InChI=1S/C14H27N3O2/c1-19-11-14(18)17-7-4-13(5-8-17)16-10-12-3-2-6-15-9-12/h12-13,15-16H,2-11H2,1H3. The Labute approximate surface area is 116 Å². The van der Waals surface area contributed by atoms with Crippen molar-refractivity contribution in [2.24, 2.45) is 5.92 Å². The van der Waals surface area contributed by atoms with Crippen molar-refractivity contribution in [1.29, 1.82) is 0 Å². The number of rotatable bonds is 5. The first-order valence-corrected chi connectivity index (χ1v) is 7.50. The summed E-state index contributed by atoms with van der Waals surface area (Å²) in [7, 11) is 1.57. The van der Waals surface area contributed by atoms with Gasteiger partial charge < -0.3 is 20.3 Å². The Kier molecular flexibility index (Phi) is 6.07. The van der Waals surface area contributed by atoms with Crippen molar-refractivity contribution in [3.63, 3.8) is 0 Å². The Morgan fingerprint density at radius 2 is 2.16 bits per heavy atom. The first kappa shape index (κ1) is 14.8. The number of hydrogen-bond acceptors (Lipinski definition) is 4. The molecule has 0 spiro atoms. The van der Waals surface area contributed by atoms with Crippen molar-refractivity contribution < 1.29 is 9.53 Å². The van der Waals surface area contributed by atoms with E-state index in [-0.39, 0.29) is 12.5 Å². The number of carbonyl (C=O) groups is 1.